The molecule has 1 aliphatic rings. The highest BCUT2D eigenvalue weighted by molar-refractivity contribution is 7.22. The van der Waals surface area contributed by atoms with Gasteiger partial charge in [0.2, 0.25) is 11.7 Å². The first-order chi connectivity index (χ1) is 20.9. The van der Waals surface area contributed by atoms with Crippen molar-refractivity contribution in [3.63, 3.8) is 0 Å². The monoisotopic (exact) mass is 628 g/mol. The molecule has 0 aliphatic carbocycles. The van der Waals surface area contributed by atoms with Crippen LogP contribution in [0.15, 0.2) is 89.5 Å². The summed E-state index contributed by atoms with van der Waals surface area (Å²) in [5, 5.41) is 5.68. The highest BCUT2D eigenvalue weighted by atomic mass is 35.5. The molecular formula is C32H25ClN4O4S2. The van der Waals surface area contributed by atoms with Gasteiger partial charge < -0.3 is 14.3 Å². The van der Waals surface area contributed by atoms with E-state index in [-0.39, 0.29) is 17.1 Å². The number of thiophene rings is 2. The van der Waals surface area contributed by atoms with E-state index in [2.05, 4.69) is 10.1 Å². The maximum absolute atomic E-state index is 12.9. The second kappa shape index (κ2) is 12.5. The molecule has 8 nitrogen and oxygen atoms in total. The fourth-order valence-corrected chi connectivity index (χ4v) is 6.89. The van der Waals surface area contributed by atoms with Crippen molar-refractivity contribution < 1.29 is 18.9 Å². The lowest BCUT2D eigenvalue weighted by Crippen LogP contribution is -2.50. The third-order valence-electron chi connectivity index (χ3n) is 7.03. The zero-order valence-electron chi connectivity index (χ0n) is 23.0. The zero-order valence-corrected chi connectivity index (χ0v) is 25.4. The lowest BCUT2D eigenvalue weighted by molar-refractivity contribution is 0.0538. The van der Waals surface area contributed by atoms with Crippen molar-refractivity contribution in [3.8, 4) is 11.4 Å². The van der Waals surface area contributed by atoms with Gasteiger partial charge >= 0.3 is 0 Å². The molecule has 216 valence electrons. The van der Waals surface area contributed by atoms with Crippen LogP contribution < -0.4 is 0 Å². The molecule has 0 atom stereocenters. The molecule has 0 saturated carbocycles. The summed E-state index contributed by atoms with van der Waals surface area (Å²) in [6.45, 7) is 3.82. The largest absolute Gasteiger partial charge is 0.339 e. The van der Waals surface area contributed by atoms with Crippen LogP contribution in [-0.2, 0) is 0 Å². The van der Waals surface area contributed by atoms with E-state index in [0.29, 0.717) is 48.3 Å². The van der Waals surface area contributed by atoms with Crippen LogP contribution in [0.3, 0.4) is 0 Å². The maximum Gasteiger partial charge on any atom is 0.264 e. The third kappa shape index (κ3) is 6.36. The van der Waals surface area contributed by atoms with Crippen molar-refractivity contribution >= 4 is 71.5 Å². The van der Waals surface area contributed by atoms with E-state index in [9.17, 15) is 14.4 Å². The molecular weight excluding hydrogens is 604 g/mol. The van der Waals surface area contributed by atoms with Gasteiger partial charge in [0.05, 0.1) is 9.75 Å². The molecule has 0 bridgehead atoms. The predicted octanol–water partition coefficient (Wildman–Crippen LogP) is 7.14. The Morgan fingerprint density at radius 3 is 1.81 bits per heavy atom. The first-order valence-electron chi connectivity index (χ1n) is 13.5. The van der Waals surface area contributed by atoms with E-state index < -0.39 is 0 Å². The Bertz CT molecular complexity index is 1870. The van der Waals surface area contributed by atoms with Crippen LogP contribution >= 0.6 is 34.3 Å². The van der Waals surface area contributed by atoms with Gasteiger partial charge in [-0.3, -0.25) is 14.4 Å². The minimum absolute atomic E-state index is 0.0352. The first kappa shape index (κ1) is 28.7. The molecule has 1 aliphatic heterocycles. The van der Waals surface area contributed by atoms with Gasteiger partial charge in [-0.1, -0.05) is 53.7 Å². The van der Waals surface area contributed by atoms with Gasteiger partial charge in [0.25, 0.3) is 17.1 Å². The van der Waals surface area contributed by atoms with E-state index in [1.165, 1.54) is 22.7 Å². The number of nitrogens with zero attached hydrogens (tertiary/aromatic N) is 4. The van der Waals surface area contributed by atoms with Crippen LogP contribution in [0.4, 0.5) is 0 Å². The number of hydrogen-bond donors (Lipinski definition) is 0. The van der Waals surface area contributed by atoms with E-state index in [1.807, 2.05) is 77.7 Å². The Kier molecular flexibility index (Phi) is 8.33. The maximum atomic E-state index is 12.9. The number of piperazine rings is 1. The molecule has 3 aromatic carbocycles. The summed E-state index contributed by atoms with van der Waals surface area (Å²) in [5.41, 5.74) is 1.40. The smallest absolute Gasteiger partial charge is 0.264 e. The number of rotatable bonds is 4. The van der Waals surface area contributed by atoms with Gasteiger partial charge in [-0.2, -0.15) is 4.98 Å². The van der Waals surface area contributed by atoms with E-state index >= 15 is 0 Å². The summed E-state index contributed by atoms with van der Waals surface area (Å²) >= 11 is 8.29. The SMILES string of the molecule is Cc1nc(-c2ccc(C(=O)N3CCN(C(=O)c4cc5ccccc5s4)CC3)cc2)no1.O=C(Cl)c1cc2ccccc2s1. The molecule has 7 rings (SSSR count). The molecule has 6 aromatic rings. The van der Waals surface area contributed by atoms with Crippen LogP contribution in [0.5, 0.6) is 0 Å². The van der Waals surface area contributed by atoms with Crippen LogP contribution in [0.2, 0.25) is 0 Å². The van der Waals surface area contributed by atoms with E-state index in [4.69, 9.17) is 16.1 Å². The number of hydrogen-bond acceptors (Lipinski definition) is 8. The summed E-state index contributed by atoms with van der Waals surface area (Å²) < 4.78 is 7.21. The fourth-order valence-electron chi connectivity index (χ4n) is 4.80. The average Bonchev–Trinajstić information content (AvgIpc) is 3.79. The summed E-state index contributed by atoms with van der Waals surface area (Å²) in [7, 11) is 0. The number of benzene rings is 3. The Labute approximate surface area is 260 Å². The molecule has 1 fully saturated rings. The normalized spacial score (nSPS) is 13.2. The second-order valence-corrected chi connectivity index (χ2v) is 12.4. The molecule has 1 saturated heterocycles. The molecule has 4 heterocycles. The molecule has 0 unspecified atom stereocenters. The van der Waals surface area contributed by atoms with Gasteiger partial charge in [-0.15, -0.1) is 22.7 Å². The molecule has 43 heavy (non-hydrogen) atoms. The molecule has 11 heteroatoms. The second-order valence-electron chi connectivity index (χ2n) is 9.87. The lowest BCUT2D eigenvalue weighted by atomic mass is 10.1. The van der Waals surface area contributed by atoms with Crippen LogP contribution in [-0.4, -0.2) is 63.2 Å². The minimum Gasteiger partial charge on any atom is -0.339 e. The Hall–Kier alpha value is -4.38. The van der Waals surface area contributed by atoms with Crippen molar-refractivity contribution in [2.45, 2.75) is 6.92 Å². The zero-order chi connectivity index (χ0) is 29.9. The molecule has 0 N–H and O–H groups in total. The standard InChI is InChI=1S/C23H20N4O3S.C9H5ClOS/c1-15-24-21(25-30-15)16-6-8-17(9-7-16)22(28)26-10-12-27(13-11-26)23(29)20-14-18-4-2-3-5-19(18)31-20;10-9(11)8-5-6-3-1-2-4-7(6)12-8/h2-9,14H,10-13H2,1H3;1-5H. The summed E-state index contributed by atoms with van der Waals surface area (Å²) in [5.74, 6) is 1.00. The topological polar surface area (TPSA) is 96.6 Å². The number of carbonyl (C=O) groups excluding carboxylic acids is 3. The fraction of sp³-hybridized carbons (Fsp3) is 0.156. The Morgan fingerprint density at radius 1 is 0.744 bits per heavy atom. The summed E-state index contributed by atoms with van der Waals surface area (Å²) in [6.07, 6.45) is 0. The van der Waals surface area contributed by atoms with Crippen LogP contribution in [0, 0.1) is 6.92 Å². The number of aromatic nitrogens is 2. The molecule has 0 radical (unpaired) electrons. The lowest BCUT2D eigenvalue weighted by Gasteiger charge is -2.34. The van der Waals surface area contributed by atoms with Crippen LogP contribution in [0.1, 0.15) is 35.6 Å². The van der Waals surface area contributed by atoms with Gasteiger partial charge in [0.1, 0.15) is 0 Å². The van der Waals surface area contributed by atoms with Gasteiger partial charge in [-0.05, 0) is 58.8 Å². The van der Waals surface area contributed by atoms with Gasteiger partial charge in [-0.25, -0.2) is 0 Å². The molecule has 0 spiro atoms. The van der Waals surface area contributed by atoms with Crippen molar-refractivity contribution in [1.29, 1.82) is 0 Å². The van der Waals surface area contributed by atoms with Crippen molar-refractivity contribution in [3.05, 3.63) is 106 Å². The first-order valence-corrected chi connectivity index (χ1v) is 15.5. The van der Waals surface area contributed by atoms with E-state index in [1.54, 1.807) is 24.0 Å². The van der Waals surface area contributed by atoms with Crippen molar-refractivity contribution in [2.75, 3.05) is 26.2 Å². The number of amides is 2. The van der Waals surface area contributed by atoms with Crippen molar-refractivity contribution in [2.24, 2.45) is 0 Å². The number of carbonyl (C=O) groups is 3. The molecule has 2 amide bonds. The van der Waals surface area contributed by atoms with Crippen molar-refractivity contribution in [1.82, 2.24) is 19.9 Å². The average molecular weight is 629 g/mol. The quantitative estimate of drug-likeness (QED) is 0.193. The Balaban J connectivity index is 0.000000229. The minimum atomic E-state index is -0.379. The highest BCUT2D eigenvalue weighted by Gasteiger charge is 2.26. The number of fused-ring (bicyclic) bond motifs is 2. The van der Waals surface area contributed by atoms with Gasteiger partial charge in [0.15, 0.2) is 0 Å². The number of halogens is 1. The highest BCUT2D eigenvalue weighted by Crippen LogP contribution is 2.27. The van der Waals surface area contributed by atoms with Crippen LogP contribution in [0.25, 0.3) is 31.6 Å². The predicted molar refractivity (Wildman–Crippen MR) is 170 cm³/mol. The van der Waals surface area contributed by atoms with E-state index in [0.717, 1.165) is 30.6 Å². The summed E-state index contributed by atoms with van der Waals surface area (Å²) in [6, 6.07) is 26.8. The molecule has 3 aromatic heterocycles. The Morgan fingerprint density at radius 2 is 1.28 bits per heavy atom. The number of aryl methyl sites for hydroxylation is 1. The third-order valence-corrected chi connectivity index (χ3v) is 9.56. The summed E-state index contributed by atoms with van der Waals surface area (Å²) in [4.78, 5) is 45.8. The van der Waals surface area contributed by atoms with Gasteiger partial charge in [0, 0.05) is 53.6 Å².